The van der Waals surface area contributed by atoms with Crippen LogP contribution in [0.25, 0.3) is 11.3 Å². The summed E-state index contributed by atoms with van der Waals surface area (Å²) < 4.78 is 18.8. The molecule has 6 nitrogen and oxygen atoms in total. The molecule has 2 N–H and O–H groups in total. The van der Waals surface area contributed by atoms with Gasteiger partial charge in [0.15, 0.2) is 0 Å². The van der Waals surface area contributed by atoms with E-state index in [4.69, 9.17) is 14.8 Å². The van der Waals surface area contributed by atoms with Crippen LogP contribution in [0.2, 0.25) is 0 Å². The Morgan fingerprint density at radius 1 is 1.03 bits per heavy atom. The van der Waals surface area contributed by atoms with Gasteiger partial charge < -0.3 is 15.2 Å². The molecule has 1 aliphatic heterocycles. The Kier molecular flexibility index (Phi) is 6.43. The normalized spacial score (nSPS) is 14.9. The Balaban J connectivity index is 1.37. The summed E-state index contributed by atoms with van der Waals surface area (Å²) in [6.07, 6.45) is 1.77. The van der Waals surface area contributed by atoms with Crippen molar-refractivity contribution in [1.29, 1.82) is 0 Å². The molecule has 0 radical (unpaired) electrons. The molecule has 0 saturated carbocycles. The maximum absolute atomic E-state index is 13.0. The second-order valence-corrected chi connectivity index (χ2v) is 7.58. The molecular weight excluding hydrogens is 397 g/mol. The van der Waals surface area contributed by atoms with Crippen molar-refractivity contribution in [3.8, 4) is 22.8 Å². The van der Waals surface area contributed by atoms with E-state index in [2.05, 4.69) is 5.32 Å². The number of carboxylic acids is 1. The van der Waals surface area contributed by atoms with Crippen LogP contribution < -0.4 is 10.1 Å². The molecule has 160 valence electrons. The zero-order valence-electron chi connectivity index (χ0n) is 17.0. The second-order valence-electron chi connectivity index (χ2n) is 7.58. The van der Waals surface area contributed by atoms with Crippen molar-refractivity contribution in [1.82, 2.24) is 9.88 Å². The number of rotatable bonds is 7. The predicted molar refractivity (Wildman–Crippen MR) is 117 cm³/mol. The minimum Gasteiger partial charge on any atom is -0.480 e. The van der Waals surface area contributed by atoms with Crippen LogP contribution in [0.15, 0.2) is 66.7 Å². The Morgan fingerprint density at radius 2 is 1.68 bits per heavy atom. The number of hydrogen-bond acceptors (Lipinski definition) is 5. The van der Waals surface area contributed by atoms with Gasteiger partial charge in [0.25, 0.3) is 0 Å². The van der Waals surface area contributed by atoms with E-state index in [-0.39, 0.29) is 18.4 Å². The maximum Gasteiger partial charge on any atom is 0.317 e. The van der Waals surface area contributed by atoms with Gasteiger partial charge in [-0.2, -0.15) is 0 Å². The number of aromatic nitrogens is 1. The van der Waals surface area contributed by atoms with E-state index in [0.29, 0.717) is 11.5 Å². The summed E-state index contributed by atoms with van der Waals surface area (Å²) in [5.74, 6) is 0.967. The first-order chi connectivity index (χ1) is 15.0. The molecule has 0 atom stereocenters. The Labute approximate surface area is 180 Å². The lowest BCUT2D eigenvalue weighted by molar-refractivity contribution is -0.138. The number of nitrogens with zero attached hydrogens (tertiary/aromatic N) is 2. The Bertz CT molecular complexity index is 1020. The molecule has 0 aliphatic carbocycles. The Hall–Kier alpha value is -3.45. The van der Waals surface area contributed by atoms with E-state index < -0.39 is 5.97 Å². The number of pyridine rings is 1. The summed E-state index contributed by atoms with van der Waals surface area (Å²) in [5.41, 5.74) is 1.81. The lowest BCUT2D eigenvalue weighted by Crippen LogP contribution is -2.41. The number of likely N-dealkylation sites (tertiary alicyclic amines) is 1. The number of anilines is 1. The highest BCUT2D eigenvalue weighted by atomic mass is 19.1. The minimum absolute atomic E-state index is 0.0985. The maximum atomic E-state index is 13.0. The van der Waals surface area contributed by atoms with Gasteiger partial charge in [-0.05, 0) is 73.5 Å². The largest absolute Gasteiger partial charge is 0.480 e. The van der Waals surface area contributed by atoms with Crippen molar-refractivity contribution in [3.05, 3.63) is 72.5 Å². The molecule has 2 heterocycles. The summed E-state index contributed by atoms with van der Waals surface area (Å²) >= 11 is 0. The molecular formula is C24H24FN3O3. The number of carbonyl (C=O) groups is 1. The summed E-state index contributed by atoms with van der Waals surface area (Å²) in [6.45, 7) is 1.62. The summed E-state index contributed by atoms with van der Waals surface area (Å²) in [6, 6.07) is 19.6. The van der Waals surface area contributed by atoms with Gasteiger partial charge in [0.2, 0.25) is 0 Å². The van der Waals surface area contributed by atoms with Crippen molar-refractivity contribution >= 4 is 11.8 Å². The van der Waals surface area contributed by atoms with E-state index in [1.54, 1.807) is 12.1 Å². The van der Waals surface area contributed by atoms with Crippen molar-refractivity contribution in [3.63, 3.8) is 0 Å². The first-order valence-electron chi connectivity index (χ1n) is 10.3. The first-order valence-corrected chi connectivity index (χ1v) is 10.3. The fraction of sp³-hybridized carbons (Fsp3) is 0.250. The Morgan fingerprint density at radius 3 is 2.32 bits per heavy atom. The van der Waals surface area contributed by atoms with Gasteiger partial charge >= 0.3 is 5.97 Å². The lowest BCUT2D eigenvalue weighted by Gasteiger charge is -2.31. The number of aliphatic carboxylic acids is 1. The fourth-order valence-corrected chi connectivity index (χ4v) is 3.64. The standard InChI is InChI=1S/C24H24FN3O3/c25-18-6-10-21(11-7-18)31-20-8-4-17(5-9-20)22-2-1-3-23(27-22)26-19-12-14-28(15-13-19)16-24(29)30/h1-11,19H,12-16H2,(H,26,27)(H,29,30). The quantitative estimate of drug-likeness (QED) is 0.579. The van der Waals surface area contributed by atoms with Crippen LogP contribution in [0, 0.1) is 5.82 Å². The van der Waals surface area contributed by atoms with Crippen molar-refractivity contribution in [2.24, 2.45) is 0 Å². The van der Waals surface area contributed by atoms with Gasteiger partial charge in [0.1, 0.15) is 23.1 Å². The van der Waals surface area contributed by atoms with Gasteiger partial charge in [-0.1, -0.05) is 6.07 Å². The predicted octanol–water partition coefficient (Wildman–Crippen LogP) is 4.64. The van der Waals surface area contributed by atoms with Crippen LogP contribution in [0.3, 0.4) is 0 Å². The third kappa shape index (κ3) is 5.79. The van der Waals surface area contributed by atoms with Gasteiger partial charge in [0.05, 0.1) is 12.2 Å². The minimum atomic E-state index is -0.783. The zero-order chi connectivity index (χ0) is 21.6. The number of ether oxygens (including phenoxy) is 1. The van der Waals surface area contributed by atoms with Crippen molar-refractivity contribution in [2.75, 3.05) is 25.0 Å². The SMILES string of the molecule is O=C(O)CN1CCC(Nc2cccc(-c3ccc(Oc4ccc(F)cc4)cc3)n2)CC1. The zero-order valence-corrected chi connectivity index (χ0v) is 17.0. The molecule has 1 saturated heterocycles. The number of benzene rings is 2. The molecule has 7 heteroatoms. The first kappa shape index (κ1) is 20.8. The molecule has 0 amide bonds. The van der Waals surface area contributed by atoms with Crippen LogP contribution >= 0.6 is 0 Å². The lowest BCUT2D eigenvalue weighted by atomic mass is 10.0. The number of halogens is 1. The van der Waals surface area contributed by atoms with Crippen LogP contribution in [0.4, 0.5) is 10.2 Å². The summed E-state index contributed by atoms with van der Waals surface area (Å²) in [7, 11) is 0. The van der Waals surface area contributed by atoms with Crippen LogP contribution in [-0.2, 0) is 4.79 Å². The van der Waals surface area contributed by atoms with E-state index in [9.17, 15) is 9.18 Å². The molecule has 1 aliphatic rings. The third-order valence-corrected chi connectivity index (χ3v) is 5.25. The molecule has 0 bridgehead atoms. The van der Waals surface area contributed by atoms with Crippen LogP contribution in [0.5, 0.6) is 11.5 Å². The smallest absolute Gasteiger partial charge is 0.317 e. The van der Waals surface area contributed by atoms with Crippen molar-refractivity contribution in [2.45, 2.75) is 18.9 Å². The monoisotopic (exact) mass is 421 g/mol. The van der Waals surface area contributed by atoms with E-state index >= 15 is 0 Å². The van der Waals surface area contributed by atoms with E-state index in [1.165, 1.54) is 12.1 Å². The van der Waals surface area contributed by atoms with E-state index in [1.807, 2.05) is 47.4 Å². The molecule has 1 aromatic heterocycles. The highest BCUT2D eigenvalue weighted by Crippen LogP contribution is 2.26. The van der Waals surface area contributed by atoms with Gasteiger partial charge in [0, 0.05) is 24.7 Å². The number of piperidine rings is 1. The molecule has 1 fully saturated rings. The second kappa shape index (κ2) is 9.57. The molecule has 0 spiro atoms. The molecule has 0 unspecified atom stereocenters. The molecule has 31 heavy (non-hydrogen) atoms. The molecule has 2 aromatic carbocycles. The van der Waals surface area contributed by atoms with Crippen LogP contribution in [0.1, 0.15) is 12.8 Å². The van der Waals surface area contributed by atoms with Crippen molar-refractivity contribution < 1.29 is 19.0 Å². The molecule has 3 aromatic rings. The number of carboxylic acid groups (broad SMARTS) is 1. The van der Waals surface area contributed by atoms with E-state index in [0.717, 1.165) is 43.0 Å². The average molecular weight is 421 g/mol. The molecule has 4 rings (SSSR count). The number of hydrogen-bond donors (Lipinski definition) is 2. The van der Waals surface area contributed by atoms with Crippen LogP contribution in [-0.4, -0.2) is 46.6 Å². The third-order valence-electron chi connectivity index (χ3n) is 5.25. The fourth-order valence-electron chi connectivity index (χ4n) is 3.64. The highest BCUT2D eigenvalue weighted by molar-refractivity contribution is 5.69. The average Bonchev–Trinajstić information content (AvgIpc) is 2.77. The van der Waals surface area contributed by atoms with Gasteiger partial charge in [-0.25, -0.2) is 9.37 Å². The highest BCUT2D eigenvalue weighted by Gasteiger charge is 2.20. The topological polar surface area (TPSA) is 74.7 Å². The summed E-state index contributed by atoms with van der Waals surface area (Å²) in [5, 5.41) is 12.4. The summed E-state index contributed by atoms with van der Waals surface area (Å²) in [4.78, 5) is 17.5. The number of nitrogens with one attached hydrogen (secondary N) is 1. The van der Waals surface area contributed by atoms with Gasteiger partial charge in [-0.3, -0.25) is 9.69 Å². The van der Waals surface area contributed by atoms with Gasteiger partial charge in [-0.15, -0.1) is 0 Å².